The molecule has 2 aromatic rings. The molecule has 1 nitrogen and oxygen atoms in total. The van der Waals surface area contributed by atoms with Gasteiger partial charge in [0, 0.05) is 4.47 Å². The van der Waals surface area contributed by atoms with Crippen LogP contribution in [0.3, 0.4) is 0 Å². The number of benzene rings is 2. The Morgan fingerprint density at radius 3 is 1.79 bits per heavy atom. The third-order valence-electron chi connectivity index (χ3n) is 3.62. The number of aliphatic hydroxyl groups excluding tert-OH is 1. The summed E-state index contributed by atoms with van der Waals surface area (Å²) in [5.74, 6) is 0.568. The zero-order chi connectivity index (χ0) is 13.8. The van der Waals surface area contributed by atoms with Gasteiger partial charge >= 0.3 is 0 Å². The highest BCUT2D eigenvalue weighted by molar-refractivity contribution is 9.10. The van der Waals surface area contributed by atoms with Crippen LogP contribution in [0.15, 0.2) is 53.0 Å². The molecule has 0 radical (unpaired) electrons. The van der Waals surface area contributed by atoms with Crippen LogP contribution < -0.4 is 0 Å². The molecule has 0 aliphatic rings. The fourth-order valence-electron chi connectivity index (χ4n) is 2.08. The van der Waals surface area contributed by atoms with Crippen molar-refractivity contribution in [2.75, 3.05) is 0 Å². The van der Waals surface area contributed by atoms with Gasteiger partial charge in [-0.1, -0.05) is 66.2 Å². The van der Waals surface area contributed by atoms with Crippen LogP contribution in [0, 0.1) is 0 Å². The lowest BCUT2D eigenvalue weighted by Gasteiger charge is -2.14. The first-order valence-corrected chi connectivity index (χ1v) is 7.44. The molecule has 0 amide bonds. The summed E-state index contributed by atoms with van der Waals surface area (Å²) in [7, 11) is 0. The van der Waals surface area contributed by atoms with E-state index >= 15 is 0 Å². The molecule has 0 heterocycles. The Hall–Kier alpha value is -1.12. The SMILES string of the molecule is CCC(C)c1ccc(C(O)c2ccc(Br)cc2)cc1. The molecule has 0 saturated carbocycles. The molecular formula is C17H19BrO. The number of hydrogen-bond acceptors (Lipinski definition) is 1. The molecule has 2 rings (SSSR count). The predicted octanol–water partition coefficient (Wildman–Crippen LogP) is 5.04. The summed E-state index contributed by atoms with van der Waals surface area (Å²) in [6, 6.07) is 16.1. The van der Waals surface area contributed by atoms with Gasteiger partial charge in [-0.25, -0.2) is 0 Å². The minimum atomic E-state index is -0.556. The van der Waals surface area contributed by atoms with Crippen molar-refractivity contribution in [2.24, 2.45) is 0 Å². The molecule has 0 aromatic heterocycles. The van der Waals surface area contributed by atoms with Crippen LogP contribution in [-0.2, 0) is 0 Å². The lowest BCUT2D eigenvalue weighted by Crippen LogP contribution is -2.00. The second-order valence-corrected chi connectivity index (χ2v) is 5.85. The van der Waals surface area contributed by atoms with Crippen molar-refractivity contribution >= 4 is 15.9 Å². The maximum Gasteiger partial charge on any atom is 0.104 e. The number of aliphatic hydroxyl groups is 1. The number of halogens is 1. The second-order valence-electron chi connectivity index (χ2n) is 4.93. The van der Waals surface area contributed by atoms with E-state index < -0.39 is 6.10 Å². The summed E-state index contributed by atoms with van der Waals surface area (Å²) < 4.78 is 1.02. The molecule has 2 aromatic carbocycles. The van der Waals surface area contributed by atoms with E-state index in [1.807, 2.05) is 36.4 Å². The number of rotatable bonds is 4. The van der Waals surface area contributed by atoms with Gasteiger partial charge in [-0.3, -0.25) is 0 Å². The molecule has 2 atom stereocenters. The maximum absolute atomic E-state index is 10.4. The van der Waals surface area contributed by atoms with Gasteiger partial charge < -0.3 is 5.11 Å². The van der Waals surface area contributed by atoms with E-state index in [-0.39, 0.29) is 0 Å². The minimum absolute atomic E-state index is 0.556. The van der Waals surface area contributed by atoms with Gasteiger partial charge in [0.2, 0.25) is 0 Å². The molecule has 0 aliphatic heterocycles. The summed E-state index contributed by atoms with van der Waals surface area (Å²) in [4.78, 5) is 0. The highest BCUT2D eigenvalue weighted by Gasteiger charge is 2.11. The Balaban J connectivity index is 2.19. The minimum Gasteiger partial charge on any atom is -0.384 e. The van der Waals surface area contributed by atoms with Crippen LogP contribution in [0.25, 0.3) is 0 Å². The van der Waals surface area contributed by atoms with Crippen LogP contribution in [0.4, 0.5) is 0 Å². The van der Waals surface area contributed by atoms with Gasteiger partial charge in [-0.05, 0) is 41.2 Å². The lowest BCUT2D eigenvalue weighted by molar-refractivity contribution is 0.220. The average Bonchev–Trinajstić information content (AvgIpc) is 2.46. The molecular weight excluding hydrogens is 300 g/mol. The zero-order valence-electron chi connectivity index (χ0n) is 11.3. The van der Waals surface area contributed by atoms with E-state index in [4.69, 9.17) is 0 Å². The molecule has 100 valence electrons. The molecule has 2 heteroatoms. The maximum atomic E-state index is 10.4. The molecule has 0 saturated heterocycles. The van der Waals surface area contributed by atoms with E-state index in [9.17, 15) is 5.11 Å². The van der Waals surface area contributed by atoms with E-state index in [1.165, 1.54) is 5.56 Å². The van der Waals surface area contributed by atoms with Crippen LogP contribution in [0.1, 0.15) is 49.0 Å². The Morgan fingerprint density at radius 1 is 0.895 bits per heavy atom. The Bertz CT molecular complexity index is 516. The highest BCUT2D eigenvalue weighted by atomic mass is 79.9. The van der Waals surface area contributed by atoms with Crippen molar-refractivity contribution in [3.63, 3.8) is 0 Å². The Kier molecular flexibility index (Phi) is 4.78. The van der Waals surface area contributed by atoms with Crippen molar-refractivity contribution in [2.45, 2.75) is 32.3 Å². The Labute approximate surface area is 123 Å². The van der Waals surface area contributed by atoms with E-state index in [0.29, 0.717) is 5.92 Å². The third-order valence-corrected chi connectivity index (χ3v) is 4.15. The van der Waals surface area contributed by atoms with Crippen molar-refractivity contribution in [3.05, 3.63) is 69.7 Å². The molecule has 0 aliphatic carbocycles. The van der Waals surface area contributed by atoms with Gasteiger partial charge in [0.1, 0.15) is 6.10 Å². The quantitative estimate of drug-likeness (QED) is 0.836. The predicted molar refractivity (Wildman–Crippen MR) is 83.4 cm³/mol. The van der Waals surface area contributed by atoms with Crippen LogP contribution in [0.5, 0.6) is 0 Å². The van der Waals surface area contributed by atoms with Gasteiger partial charge in [-0.2, -0.15) is 0 Å². The van der Waals surface area contributed by atoms with Crippen molar-refractivity contribution in [1.82, 2.24) is 0 Å². The monoisotopic (exact) mass is 318 g/mol. The van der Waals surface area contributed by atoms with Gasteiger partial charge in [0.05, 0.1) is 0 Å². The van der Waals surface area contributed by atoms with Crippen LogP contribution in [-0.4, -0.2) is 5.11 Å². The average molecular weight is 319 g/mol. The summed E-state index contributed by atoms with van der Waals surface area (Å²) >= 11 is 3.40. The fraction of sp³-hybridized carbons (Fsp3) is 0.294. The summed E-state index contributed by atoms with van der Waals surface area (Å²) in [6.45, 7) is 4.41. The van der Waals surface area contributed by atoms with Crippen LogP contribution >= 0.6 is 15.9 Å². The van der Waals surface area contributed by atoms with Crippen molar-refractivity contribution in [1.29, 1.82) is 0 Å². The second kappa shape index (κ2) is 6.36. The van der Waals surface area contributed by atoms with Crippen molar-refractivity contribution < 1.29 is 5.11 Å². The molecule has 1 N–H and O–H groups in total. The molecule has 0 fully saturated rings. The number of hydrogen-bond donors (Lipinski definition) is 1. The molecule has 0 bridgehead atoms. The zero-order valence-corrected chi connectivity index (χ0v) is 12.9. The largest absolute Gasteiger partial charge is 0.384 e. The lowest BCUT2D eigenvalue weighted by atomic mass is 9.95. The van der Waals surface area contributed by atoms with Gasteiger partial charge in [-0.15, -0.1) is 0 Å². The molecule has 19 heavy (non-hydrogen) atoms. The topological polar surface area (TPSA) is 20.2 Å². The first-order chi connectivity index (χ1) is 9.11. The van der Waals surface area contributed by atoms with Gasteiger partial charge in [0.25, 0.3) is 0 Å². The third kappa shape index (κ3) is 3.46. The Morgan fingerprint density at radius 2 is 1.32 bits per heavy atom. The highest BCUT2D eigenvalue weighted by Crippen LogP contribution is 2.26. The summed E-state index contributed by atoms with van der Waals surface area (Å²) in [5.41, 5.74) is 3.18. The molecule has 2 unspecified atom stereocenters. The normalized spacial score (nSPS) is 14.1. The summed E-state index contributed by atoms with van der Waals surface area (Å²) in [6.07, 6.45) is 0.577. The summed E-state index contributed by atoms with van der Waals surface area (Å²) in [5, 5.41) is 10.4. The van der Waals surface area contributed by atoms with E-state index in [1.54, 1.807) is 0 Å². The van der Waals surface area contributed by atoms with Gasteiger partial charge in [0.15, 0.2) is 0 Å². The standard InChI is InChI=1S/C17H19BrO/c1-3-12(2)13-4-6-14(7-5-13)17(19)15-8-10-16(18)11-9-15/h4-12,17,19H,3H2,1-2H3. The molecule has 0 spiro atoms. The van der Waals surface area contributed by atoms with E-state index in [2.05, 4.69) is 41.9 Å². The fourth-order valence-corrected chi connectivity index (χ4v) is 2.34. The van der Waals surface area contributed by atoms with Crippen molar-refractivity contribution in [3.8, 4) is 0 Å². The smallest absolute Gasteiger partial charge is 0.104 e. The first kappa shape index (κ1) is 14.3. The first-order valence-electron chi connectivity index (χ1n) is 6.65. The van der Waals surface area contributed by atoms with Crippen LogP contribution in [0.2, 0.25) is 0 Å². The van der Waals surface area contributed by atoms with E-state index in [0.717, 1.165) is 22.0 Å².